The normalized spacial score (nSPS) is 12.0. The Labute approximate surface area is 131 Å². The van der Waals surface area contributed by atoms with Crippen LogP contribution < -0.4 is 10.1 Å². The van der Waals surface area contributed by atoms with Crippen LogP contribution in [0.15, 0.2) is 24.3 Å². The monoisotopic (exact) mass is 311 g/mol. The number of thioether (sulfide) groups is 1. The fourth-order valence-electron chi connectivity index (χ4n) is 1.92. The van der Waals surface area contributed by atoms with E-state index in [0.29, 0.717) is 13.0 Å². The van der Waals surface area contributed by atoms with Gasteiger partial charge in [0.25, 0.3) is 0 Å². The molecule has 1 aromatic carbocycles. The van der Waals surface area contributed by atoms with Crippen LogP contribution in [0.1, 0.15) is 18.4 Å². The van der Waals surface area contributed by atoms with Crippen LogP contribution in [0.5, 0.6) is 5.75 Å². The summed E-state index contributed by atoms with van der Waals surface area (Å²) in [7, 11) is 3.33. The number of hydrogen-bond acceptors (Lipinski definition) is 4. The summed E-state index contributed by atoms with van der Waals surface area (Å²) in [4.78, 5) is 11.8. The summed E-state index contributed by atoms with van der Waals surface area (Å²) in [6.45, 7) is 0.582. The molecule has 0 radical (unpaired) electrons. The molecule has 1 aromatic rings. The minimum Gasteiger partial charge on any atom is -0.497 e. The number of aryl methyl sites for hydroxylation is 1. The summed E-state index contributed by atoms with van der Waals surface area (Å²) < 4.78 is 10.5. The Kier molecular flexibility index (Phi) is 8.94. The van der Waals surface area contributed by atoms with Crippen LogP contribution in [-0.2, 0) is 16.0 Å². The van der Waals surface area contributed by atoms with Crippen LogP contribution in [-0.4, -0.2) is 44.8 Å². The van der Waals surface area contributed by atoms with Crippen molar-refractivity contribution in [2.45, 2.75) is 25.4 Å². The number of carbonyl (C=O) groups excluding carboxylic acids is 1. The molecule has 4 nitrogen and oxygen atoms in total. The Morgan fingerprint density at radius 3 is 2.57 bits per heavy atom. The Bertz CT molecular complexity index is 408. The van der Waals surface area contributed by atoms with Crippen molar-refractivity contribution >= 4 is 17.7 Å². The summed E-state index contributed by atoms with van der Waals surface area (Å²) >= 11 is 1.79. The zero-order valence-corrected chi connectivity index (χ0v) is 13.9. The molecule has 0 aliphatic rings. The molecule has 0 aliphatic heterocycles. The summed E-state index contributed by atoms with van der Waals surface area (Å²) in [5, 5.41) is 2.94. The highest BCUT2D eigenvalue weighted by molar-refractivity contribution is 7.98. The van der Waals surface area contributed by atoms with Gasteiger partial charge in [-0.15, -0.1) is 0 Å². The molecule has 118 valence electrons. The second kappa shape index (κ2) is 10.5. The van der Waals surface area contributed by atoms with E-state index in [1.807, 2.05) is 24.3 Å². The highest BCUT2D eigenvalue weighted by Gasteiger charge is 2.09. The Balaban J connectivity index is 2.26. The van der Waals surface area contributed by atoms with Crippen molar-refractivity contribution in [3.63, 3.8) is 0 Å². The molecule has 0 spiro atoms. The molecule has 1 amide bonds. The molecule has 1 atom stereocenters. The second-order valence-electron chi connectivity index (χ2n) is 4.79. The first-order valence-electron chi connectivity index (χ1n) is 7.11. The SMILES string of the molecule is COc1ccc(CCC(=O)NCC(CCSC)OC)cc1. The van der Waals surface area contributed by atoms with Crippen LogP contribution >= 0.6 is 11.8 Å². The van der Waals surface area contributed by atoms with Gasteiger partial charge in [0.15, 0.2) is 0 Å². The fraction of sp³-hybridized carbons (Fsp3) is 0.562. The van der Waals surface area contributed by atoms with E-state index in [1.165, 1.54) is 0 Å². The lowest BCUT2D eigenvalue weighted by molar-refractivity contribution is -0.121. The molecule has 0 bridgehead atoms. The highest BCUT2D eigenvalue weighted by atomic mass is 32.2. The number of ether oxygens (including phenoxy) is 2. The quantitative estimate of drug-likeness (QED) is 0.721. The van der Waals surface area contributed by atoms with Crippen LogP contribution in [0.2, 0.25) is 0 Å². The smallest absolute Gasteiger partial charge is 0.220 e. The number of nitrogens with one attached hydrogen (secondary N) is 1. The third kappa shape index (κ3) is 7.39. The number of methoxy groups -OCH3 is 2. The van der Waals surface area contributed by atoms with Gasteiger partial charge in [0, 0.05) is 20.1 Å². The number of hydrogen-bond donors (Lipinski definition) is 1. The molecule has 5 heteroatoms. The topological polar surface area (TPSA) is 47.6 Å². The van der Waals surface area contributed by atoms with Gasteiger partial charge in [-0.05, 0) is 42.5 Å². The van der Waals surface area contributed by atoms with Crippen molar-refractivity contribution in [1.29, 1.82) is 0 Å². The van der Waals surface area contributed by atoms with Gasteiger partial charge in [0.1, 0.15) is 5.75 Å². The maximum atomic E-state index is 11.8. The zero-order chi connectivity index (χ0) is 15.5. The van der Waals surface area contributed by atoms with Crippen molar-refractivity contribution < 1.29 is 14.3 Å². The molecule has 0 aromatic heterocycles. The van der Waals surface area contributed by atoms with Gasteiger partial charge in [0.2, 0.25) is 5.91 Å². The zero-order valence-electron chi connectivity index (χ0n) is 13.1. The molecule has 1 rings (SSSR count). The third-order valence-electron chi connectivity index (χ3n) is 3.30. The Morgan fingerprint density at radius 1 is 1.29 bits per heavy atom. The third-order valence-corrected chi connectivity index (χ3v) is 3.95. The van der Waals surface area contributed by atoms with Crippen molar-refractivity contribution in [3.05, 3.63) is 29.8 Å². The average molecular weight is 311 g/mol. The highest BCUT2D eigenvalue weighted by Crippen LogP contribution is 2.12. The molecule has 1 unspecified atom stereocenters. The van der Waals surface area contributed by atoms with E-state index in [2.05, 4.69) is 11.6 Å². The first-order chi connectivity index (χ1) is 10.2. The summed E-state index contributed by atoms with van der Waals surface area (Å²) in [5.41, 5.74) is 1.14. The second-order valence-corrected chi connectivity index (χ2v) is 5.78. The van der Waals surface area contributed by atoms with E-state index >= 15 is 0 Å². The first kappa shape index (κ1) is 17.9. The van der Waals surface area contributed by atoms with Crippen LogP contribution in [0, 0.1) is 0 Å². The lowest BCUT2D eigenvalue weighted by atomic mass is 10.1. The minimum absolute atomic E-state index is 0.0667. The van der Waals surface area contributed by atoms with Crippen molar-refractivity contribution in [3.8, 4) is 5.75 Å². The Hall–Kier alpha value is -1.20. The van der Waals surface area contributed by atoms with Gasteiger partial charge in [0.05, 0.1) is 13.2 Å². The summed E-state index contributed by atoms with van der Waals surface area (Å²) in [6.07, 6.45) is 4.35. The van der Waals surface area contributed by atoms with E-state index in [4.69, 9.17) is 9.47 Å². The van der Waals surface area contributed by atoms with Crippen LogP contribution in [0.25, 0.3) is 0 Å². The number of benzene rings is 1. The molecule has 21 heavy (non-hydrogen) atoms. The number of carbonyl (C=O) groups is 1. The standard InChI is InChI=1S/C16H25NO3S/c1-19-14-7-4-13(5-8-14)6-9-16(18)17-12-15(20-2)10-11-21-3/h4-5,7-8,15H,6,9-12H2,1-3H3,(H,17,18). The van der Waals surface area contributed by atoms with E-state index in [0.717, 1.165) is 29.9 Å². The van der Waals surface area contributed by atoms with E-state index in [-0.39, 0.29) is 12.0 Å². The van der Waals surface area contributed by atoms with Gasteiger partial charge in [-0.1, -0.05) is 12.1 Å². The molecule has 0 heterocycles. The fourth-order valence-corrected chi connectivity index (χ4v) is 2.42. The van der Waals surface area contributed by atoms with Crippen molar-refractivity contribution in [2.24, 2.45) is 0 Å². The van der Waals surface area contributed by atoms with Crippen molar-refractivity contribution in [1.82, 2.24) is 5.32 Å². The Morgan fingerprint density at radius 2 is 2.00 bits per heavy atom. The maximum absolute atomic E-state index is 11.8. The van der Waals surface area contributed by atoms with Gasteiger partial charge in [-0.3, -0.25) is 4.79 Å². The van der Waals surface area contributed by atoms with E-state index < -0.39 is 0 Å². The average Bonchev–Trinajstić information content (AvgIpc) is 2.53. The lowest BCUT2D eigenvalue weighted by Gasteiger charge is -2.15. The minimum atomic E-state index is 0.0667. The molecule has 0 aliphatic carbocycles. The van der Waals surface area contributed by atoms with E-state index in [9.17, 15) is 4.79 Å². The predicted molar refractivity (Wildman–Crippen MR) is 88.1 cm³/mol. The summed E-state index contributed by atoms with van der Waals surface area (Å²) in [6, 6.07) is 7.80. The molecule has 0 saturated carbocycles. The molecule has 0 saturated heterocycles. The van der Waals surface area contributed by atoms with Crippen LogP contribution in [0.4, 0.5) is 0 Å². The number of amides is 1. The van der Waals surface area contributed by atoms with Crippen LogP contribution in [0.3, 0.4) is 0 Å². The van der Waals surface area contributed by atoms with Crippen molar-refractivity contribution in [2.75, 3.05) is 32.8 Å². The van der Waals surface area contributed by atoms with Gasteiger partial charge < -0.3 is 14.8 Å². The number of rotatable bonds is 10. The molecular weight excluding hydrogens is 286 g/mol. The molecular formula is C16H25NO3S. The predicted octanol–water partition coefficient (Wildman–Crippen LogP) is 2.51. The van der Waals surface area contributed by atoms with Gasteiger partial charge in [-0.25, -0.2) is 0 Å². The first-order valence-corrected chi connectivity index (χ1v) is 8.50. The van der Waals surface area contributed by atoms with E-state index in [1.54, 1.807) is 26.0 Å². The maximum Gasteiger partial charge on any atom is 0.220 e. The molecule has 0 fully saturated rings. The lowest BCUT2D eigenvalue weighted by Crippen LogP contribution is -2.33. The van der Waals surface area contributed by atoms with Gasteiger partial charge >= 0.3 is 0 Å². The summed E-state index contributed by atoms with van der Waals surface area (Å²) in [5.74, 6) is 1.94. The van der Waals surface area contributed by atoms with Gasteiger partial charge in [-0.2, -0.15) is 11.8 Å². The molecule has 1 N–H and O–H groups in total. The largest absolute Gasteiger partial charge is 0.497 e.